The Hall–Kier alpha value is -0.160. The molecular weight excluding hydrogens is 158 g/mol. The van der Waals surface area contributed by atoms with Gasteiger partial charge >= 0.3 is 5.97 Å². The van der Waals surface area contributed by atoms with Gasteiger partial charge in [0.05, 0.1) is 19.6 Å². The van der Waals surface area contributed by atoms with Crippen molar-refractivity contribution in [2.75, 3.05) is 26.2 Å². The Morgan fingerprint density at radius 2 is 1.25 bits per heavy atom. The Morgan fingerprint density at radius 1 is 0.917 bits per heavy atom. The maximum atomic E-state index is 8.84. The number of quaternary nitrogens is 1. The number of rotatable bonds is 5. The third kappa shape index (κ3) is 3.49. The molecule has 3 N–H and O–H groups in total. The van der Waals surface area contributed by atoms with Crippen molar-refractivity contribution >= 4 is 0 Å². The van der Waals surface area contributed by atoms with Crippen molar-refractivity contribution in [1.82, 2.24) is 0 Å². The van der Waals surface area contributed by atoms with E-state index >= 15 is 0 Å². The zero-order valence-electron chi connectivity index (χ0n) is 8.12. The summed E-state index contributed by atoms with van der Waals surface area (Å²) < 4.78 is 0.517. The maximum absolute atomic E-state index is 8.84. The van der Waals surface area contributed by atoms with Crippen LogP contribution in [-0.2, 0) is 0 Å². The molecule has 4 nitrogen and oxygen atoms in total. The monoisotopic (exact) mass is 178 g/mol. The molecule has 0 heterocycles. The van der Waals surface area contributed by atoms with E-state index in [1.54, 1.807) is 0 Å². The molecule has 0 atom stereocenters. The standard InChI is InChI=1S/C8H20NO3/c1-4-9(5-2,6-3)7-8(10,11)12/h10-12H,4-7H2,1-3H3/q+1. The van der Waals surface area contributed by atoms with Crippen molar-refractivity contribution in [3.05, 3.63) is 0 Å². The summed E-state index contributed by atoms with van der Waals surface area (Å²) in [7, 11) is 0. The summed E-state index contributed by atoms with van der Waals surface area (Å²) in [5.74, 6) is -2.54. The van der Waals surface area contributed by atoms with Crippen LogP contribution in [0.15, 0.2) is 0 Å². The normalized spacial score (nSPS) is 13.5. The molecule has 0 bridgehead atoms. The molecule has 0 aromatic heterocycles. The largest absolute Gasteiger partial charge is 0.339 e. The lowest BCUT2D eigenvalue weighted by atomic mass is 10.3. The minimum atomic E-state index is -2.54. The molecule has 0 unspecified atom stereocenters. The van der Waals surface area contributed by atoms with Crippen molar-refractivity contribution in [1.29, 1.82) is 0 Å². The van der Waals surface area contributed by atoms with Crippen LogP contribution in [0.25, 0.3) is 0 Å². The highest BCUT2D eigenvalue weighted by Gasteiger charge is 2.33. The molecule has 0 aromatic carbocycles. The maximum Gasteiger partial charge on any atom is 0.328 e. The molecule has 0 aromatic rings. The Labute approximate surface area is 73.6 Å². The molecule has 0 radical (unpaired) electrons. The number of aliphatic hydroxyl groups is 3. The van der Waals surface area contributed by atoms with E-state index in [9.17, 15) is 0 Å². The lowest BCUT2D eigenvalue weighted by Gasteiger charge is -2.37. The van der Waals surface area contributed by atoms with Gasteiger partial charge in [-0.2, -0.15) is 0 Å². The lowest BCUT2D eigenvalue weighted by Crippen LogP contribution is -2.56. The third-order valence-corrected chi connectivity index (χ3v) is 2.56. The molecule has 12 heavy (non-hydrogen) atoms. The van der Waals surface area contributed by atoms with Crippen LogP contribution in [0, 0.1) is 0 Å². The SMILES string of the molecule is CC[N+](CC)(CC)CC(O)(O)O. The predicted octanol–water partition coefficient (Wildman–Crippen LogP) is -0.506. The Balaban J connectivity index is 4.30. The van der Waals surface area contributed by atoms with Gasteiger partial charge in [-0.25, -0.2) is 0 Å². The van der Waals surface area contributed by atoms with Gasteiger partial charge < -0.3 is 19.8 Å². The number of likely N-dealkylation sites (N-methyl/N-ethyl adjacent to an activating group) is 1. The summed E-state index contributed by atoms with van der Waals surface area (Å²) in [5, 5.41) is 26.5. The zero-order chi connectivity index (χ0) is 9.83. The number of hydrogen-bond donors (Lipinski definition) is 3. The van der Waals surface area contributed by atoms with E-state index in [4.69, 9.17) is 15.3 Å². The first-order valence-electron chi connectivity index (χ1n) is 4.41. The fourth-order valence-corrected chi connectivity index (χ4v) is 1.46. The van der Waals surface area contributed by atoms with Crippen molar-refractivity contribution in [3.8, 4) is 0 Å². The van der Waals surface area contributed by atoms with Gasteiger partial charge in [-0.1, -0.05) is 0 Å². The van der Waals surface area contributed by atoms with Crippen LogP contribution in [0.4, 0.5) is 0 Å². The summed E-state index contributed by atoms with van der Waals surface area (Å²) in [6.45, 7) is 8.25. The molecule has 0 saturated heterocycles. The van der Waals surface area contributed by atoms with E-state index in [1.165, 1.54) is 0 Å². The molecule has 0 saturated carbocycles. The summed E-state index contributed by atoms with van der Waals surface area (Å²) in [6, 6.07) is 0. The van der Waals surface area contributed by atoms with Gasteiger partial charge in [0.2, 0.25) is 0 Å². The first-order valence-corrected chi connectivity index (χ1v) is 4.41. The molecule has 4 heteroatoms. The van der Waals surface area contributed by atoms with Crippen molar-refractivity contribution in [3.63, 3.8) is 0 Å². The molecule has 0 spiro atoms. The molecule has 0 rings (SSSR count). The molecule has 0 aliphatic heterocycles. The molecule has 0 aliphatic carbocycles. The molecular formula is C8H20NO3+. The minimum Gasteiger partial charge on any atom is -0.339 e. The quantitative estimate of drug-likeness (QED) is 0.392. The fourth-order valence-electron chi connectivity index (χ4n) is 1.46. The van der Waals surface area contributed by atoms with Crippen LogP contribution in [0.5, 0.6) is 0 Å². The second-order valence-corrected chi connectivity index (χ2v) is 3.22. The Kier molecular flexibility index (Phi) is 4.13. The van der Waals surface area contributed by atoms with Crippen LogP contribution in [0.3, 0.4) is 0 Å². The van der Waals surface area contributed by atoms with Crippen LogP contribution >= 0.6 is 0 Å². The average Bonchev–Trinajstić information content (AvgIpc) is 1.99. The van der Waals surface area contributed by atoms with Crippen molar-refractivity contribution in [2.24, 2.45) is 0 Å². The highest BCUT2D eigenvalue weighted by molar-refractivity contribution is 4.46. The number of hydrogen-bond acceptors (Lipinski definition) is 3. The van der Waals surface area contributed by atoms with Gasteiger partial charge in [0.15, 0.2) is 6.54 Å². The Morgan fingerprint density at radius 3 is 1.33 bits per heavy atom. The zero-order valence-corrected chi connectivity index (χ0v) is 8.12. The number of nitrogens with zero attached hydrogens (tertiary/aromatic N) is 1. The van der Waals surface area contributed by atoms with Crippen LogP contribution in [0.1, 0.15) is 20.8 Å². The summed E-state index contributed by atoms with van der Waals surface area (Å²) >= 11 is 0. The summed E-state index contributed by atoms with van der Waals surface area (Å²) in [5.41, 5.74) is 0. The first-order chi connectivity index (χ1) is 5.39. The highest BCUT2D eigenvalue weighted by Crippen LogP contribution is 2.10. The molecule has 0 amide bonds. The third-order valence-electron chi connectivity index (χ3n) is 2.56. The fraction of sp³-hybridized carbons (Fsp3) is 1.00. The van der Waals surface area contributed by atoms with E-state index in [-0.39, 0.29) is 6.54 Å². The summed E-state index contributed by atoms with van der Waals surface area (Å²) in [6.07, 6.45) is 0. The van der Waals surface area contributed by atoms with Crippen molar-refractivity contribution in [2.45, 2.75) is 26.7 Å². The van der Waals surface area contributed by atoms with E-state index < -0.39 is 5.97 Å². The smallest absolute Gasteiger partial charge is 0.328 e. The van der Waals surface area contributed by atoms with Gasteiger partial charge in [-0.15, -0.1) is 0 Å². The van der Waals surface area contributed by atoms with Gasteiger partial charge in [-0.05, 0) is 20.8 Å². The van der Waals surface area contributed by atoms with Crippen molar-refractivity contribution < 1.29 is 19.8 Å². The van der Waals surface area contributed by atoms with E-state index in [2.05, 4.69) is 0 Å². The van der Waals surface area contributed by atoms with Gasteiger partial charge in [0.25, 0.3) is 0 Å². The van der Waals surface area contributed by atoms with Gasteiger partial charge in [0, 0.05) is 0 Å². The minimum absolute atomic E-state index is 0.0312. The summed E-state index contributed by atoms with van der Waals surface area (Å²) in [4.78, 5) is 0. The molecule has 0 fully saturated rings. The van der Waals surface area contributed by atoms with E-state index in [0.717, 1.165) is 19.6 Å². The van der Waals surface area contributed by atoms with Crippen LogP contribution < -0.4 is 0 Å². The topological polar surface area (TPSA) is 60.7 Å². The second-order valence-electron chi connectivity index (χ2n) is 3.22. The lowest BCUT2D eigenvalue weighted by molar-refractivity contribution is -0.936. The van der Waals surface area contributed by atoms with Gasteiger partial charge in [-0.3, -0.25) is 0 Å². The predicted molar refractivity (Wildman–Crippen MR) is 46.1 cm³/mol. The highest BCUT2D eigenvalue weighted by atomic mass is 16.7. The van der Waals surface area contributed by atoms with Crippen LogP contribution in [-0.4, -0.2) is 52.0 Å². The van der Waals surface area contributed by atoms with E-state index in [0.29, 0.717) is 4.48 Å². The molecule has 0 aliphatic rings. The second kappa shape index (κ2) is 4.18. The molecule has 74 valence electrons. The Bertz CT molecular complexity index is 118. The average molecular weight is 178 g/mol. The first kappa shape index (κ1) is 11.8. The van der Waals surface area contributed by atoms with Gasteiger partial charge in [0.1, 0.15) is 0 Å². The van der Waals surface area contributed by atoms with Crippen LogP contribution in [0.2, 0.25) is 0 Å². The van der Waals surface area contributed by atoms with E-state index in [1.807, 2.05) is 20.8 Å².